The summed E-state index contributed by atoms with van der Waals surface area (Å²) >= 11 is 2.22. The number of rotatable bonds is 3. The zero-order valence-electron chi connectivity index (χ0n) is 10.3. The van der Waals surface area contributed by atoms with Crippen LogP contribution in [0.2, 0.25) is 0 Å². The van der Waals surface area contributed by atoms with Gasteiger partial charge in [-0.3, -0.25) is 0 Å². The standard InChI is InChI=1S/C15H12INO2/c1-10(18)14-7-2-11(9-17)8-15(14)19-13-5-3-12(16)4-6-13/h2-8,10,18H,1H3/t10-/m1/s1. The fourth-order valence-corrected chi connectivity index (χ4v) is 2.03. The van der Waals surface area contributed by atoms with Gasteiger partial charge in [0, 0.05) is 9.13 Å². The van der Waals surface area contributed by atoms with Crippen molar-refractivity contribution in [1.82, 2.24) is 0 Å². The Morgan fingerprint density at radius 1 is 1.21 bits per heavy atom. The summed E-state index contributed by atoms with van der Waals surface area (Å²) in [6.45, 7) is 1.67. The SMILES string of the molecule is C[C@@H](O)c1ccc(C#N)cc1Oc1ccc(I)cc1. The van der Waals surface area contributed by atoms with Gasteiger partial charge in [0.25, 0.3) is 0 Å². The average Bonchev–Trinajstić information content (AvgIpc) is 2.41. The van der Waals surface area contributed by atoms with Gasteiger partial charge in [-0.2, -0.15) is 5.26 Å². The van der Waals surface area contributed by atoms with Crippen LogP contribution >= 0.6 is 22.6 Å². The molecule has 4 heteroatoms. The van der Waals surface area contributed by atoms with E-state index in [1.165, 1.54) is 0 Å². The highest BCUT2D eigenvalue weighted by Gasteiger charge is 2.11. The molecule has 0 unspecified atom stereocenters. The molecule has 2 rings (SSSR count). The Morgan fingerprint density at radius 2 is 1.89 bits per heavy atom. The van der Waals surface area contributed by atoms with Gasteiger partial charge in [0.15, 0.2) is 0 Å². The monoisotopic (exact) mass is 365 g/mol. The minimum Gasteiger partial charge on any atom is -0.457 e. The second kappa shape index (κ2) is 6.04. The van der Waals surface area contributed by atoms with Gasteiger partial charge >= 0.3 is 0 Å². The Hall–Kier alpha value is -1.58. The Bertz CT molecular complexity index is 615. The molecule has 19 heavy (non-hydrogen) atoms. The maximum atomic E-state index is 9.73. The number of benzene rings is 2. The third-order valence-corrected chi connectivity index (χ3v) is 3.35. The van der Waals surface area contributed by atoms with Crippen LogP contribution < -0.4 is 4.74 Å². The van der Waals surface area contributed by atoms with Crippen LogP contribution in [0.1, 0.15) is 24.2 Å². The van der Waals surface area contributed by atoms with Gasteiger partial charge in [0.1, 0.15) is 11.5 Å². The van der Waals surface area contributed by atoms with E-state index in [9.17, 15) is 5.11 Å². The lowest BCUT2D eigenvalue weighted by Gasteiger charge is -2.13. The van der Waals surface area contributed by atoms with Gasteiger partial charge in [0.05, 0.1) is 17.7 Å². The van der Waals surface area contributed by atoms with Gasteiger partial charge in [-0.05, 0) is 65.9 Å². The highest BCUT2D eigenvalue weighted by Crippen LogP contribution is 2.30. The van der Waals surface area contributed by atoms with Crippen LogP contribution in [0, 0.1) is 14.9 Å². The van der Waals surface area contributed by atoms with E-state index in [1.807, 2.05) is 24.3 Å². The Balaban J connectivity index is 2.37. The fraction of sp³-hybridized carbons (Fsp3) is 0.133. The van der Waals surface area contributed by atoms with Crippen LogP contribution in [0.25, 0.3) is 0 Å². The van der Waals surface area contributed by atoms with Crippen molar-refractivity contribution < 1.29 is 9.84 Å². The zero-order valence-corrected chi connectivity index (χ0v) is 12.5. The maximum Gasteiger partial charge on any atom is 0.134 e. The number of nitrogens with zero attached hydrogens (tertiary/aromatic N) is 1. The summed E-state index contributed by atoms with van der Waals surface area (Å²) in [4.78, 5) is 0. The van der Waals surface area contributed by atoms with Gasteiger partial charge in [-0.15, -0.1) is 0 Å². The largest absolute Gasteiger partial charge is 0.457 e. The van der Waals surface area contributed by atoms with Gasteiger partial charge < -0.3 is 9.84 Å². The van der Waals surface area contributed by atoms with Crippen LogP contribution in [0.3, 0.4) is 0 Å². The predicted molar refractivity (Wildman–Crippen MR) is 81.0 cm³/mol. The van der Waals surface area contributed by atoms with Crippen LogP contribution in [0.5, 0.6) is 11.5 Å². The molecule has 0 bridgehead atoms. The molecule has 0 radical (unpaired) electrons. The minimum absolute atomic E-state index is 0.505. The van der Waals surface area contributed by atoms with Crippen molar-refractivity contribution in [2.24, 2.45) is 0 Å². The Labute approximate surface area is 125 Å². The Kier molecular flexibility index (Phi) is 4.40. The number of aliphatic hydroxyl groups is 1. The van der Waals surface area contributed by atoms with E-state index in [0.29, 0.717) is 22.6 Å². The summed E-state index contributed by atoms with van der Waals surface area (Å²) in [5, 5.41) is 18.7. The number of aliphatic hydroxyl groups excluding tert-OH is 1. The Morgan fingerprint density at radius 3 is 2.47 bits per heavy atom. The third kappa shape index (κ3) is 3.46. The van der Waals surface area contributed by atoms with E-state index in [2.05, 4.69) is 28.7 Å². The summed E-state index contributed by atoms with van der Waals surface area (Å²) in [6, 6.07) is 14.7. The third-order valence-electron chi connectivity index (χ3n) is 2.63. The minimum atomic E-state index is -0.647. The molecule has 1 atom stereocenters. The van der Waals surface area contributed by atoms with E-state index in [1.54, 1.807) is 25.1 Å². The molecule has 0 fully saturated rings. The van der Waals surface area contributed by atoms with Crippen molar-refractivity contribution >= 4 is 22.6 Å². The van der Waals surface area contributed by atoms with Crippen molar-refractivity contribution in [1.29, 1.82) is 5.26 Å². The quantitative estimate of drug-likeness (QED) is 0.837. The van der Waals surface area contributed by atoms with E-state index >= 15 is 0 Å². The summed E-state index contributed by atoms with van der Waals surface area (Å²) in [5.74, 6) is 1.19. The summed E-state index contributed by atoms with van der Waals surface area (Å²) in [7, 11) is 0. The molecule has 0 amide bonds. The number of hydrogen-bond acceptors (Lipinski definition) is 3. The first kappa shape index (κ1) is 13.8. The van der Waals surface area contributed by atoms with E-state index in [4.69, 9.17) is 10.00 Å². The lowest BCUT2D eigenvalue weighted by molar-refractivity contribution is 0.195. The number of nitriles is 1. The van der Waals surface area contributed by atoms with Crippen LogP contribution in [0.15, 0.2) is 42.5 Å². The van der Waals surface area contributed by atoms with Crippen molar-refractivity contribution in [2.75, 3.05) is 0 Å². The molecular formula is C15H12INO2. The van der Waals surface area contributed by atoms with Crippen LogP contribution in [0.4, 0.5) is 0 Å². The maximum absolute atomic E-state index is 9.73. The molecular weight excluding hydrogens is 353 g/mol. The molecule has 0 saturated heterocycles. The van der Waals surface area contributed by atoms with Crippen LogP contribution in [-0.2, 0) is 0 Å². The van der Waals surface area contributed by atoms with Crippen molar-refractivity contribution in [3.63, 3.8) is 0 Å². The molecule has 0 spiro atoms. The smallest absolute Gasteiger partial charge is 0.134 e. The first-order valence-electron chi connectivity index (χ1n) is 5.75. The molecule has 0 aliphatic rings. The molecule has 2 aromatic rings. The zero-order chi connectivity index (χ0) is 13.8. The van der Waals surface area contributed by atoms with E-state index < -0.39 is 6.10 Å². The molecule has 1 N–H and O–H groups in total. The lowest BCUT2D eigenvalue weighted by Crippen LogP contribution is -1.97. The van der Waals surface area contributed by atoms with E-state index in [-0.39, 0.29) is 0 Å². The number of ether oxygens (including phenoxy) is 1. The first-order chi connectivity index (χ1) is 9.10. The summed E-state index contributed by atoms with van der Waals surface area (Å²) in [6.07, 6.45) is -0.647. The molecule has 96 valence electrons. The van der Waals surface area contributed by atoms with Crippen LogP contribution in [-0.4, -0.2) is 5.11 Å². The van der Waals surface area contributed by atoms with Crippen molar-refractivity contribution in [3.8, 4) is 17.6 Å². The van der Waals surface area contributed by atoms with Gasteiger partial charge in [-0.1, -0.05) is 6.07 Å². The number of halogens is 1. The normalized spacial score (nSPS) is 11.7. The molecule has 2 aromatic carbocycles. The molecule has 0 aliphatic carbocycles. The summed E-state index contributed by atoms with van der Waals surface area (Å²) < 4.78 is 6.87. The second-order valence-corrected chi connectivity index (χ2v) is 5.34. The van der Waals surface area contributed by atoms with Crippen molar-refractivity contribution in [2.45, 2.75) is 13.0 Å². The molecule has 0 saturated carbocycles. The molecule has 0 aromatic heterocycles. The molecule has 0 aliphatic heterocycles. The number of hydrogen-bond donors (Lipinski definition) is 1. The molecule has 0 heterocycles. The van der Waals surface area contributed by atoms with E-state index in [0.717, 1.165) is 3.57 Å². The highest BCUT2D eigenvalue weighted by molar-refractivity contribution is 14.1. The van der Waals surface area contributed by atoms with Gasteiger partial charge in [0.2, 0.25) is 0 Å². The predicted octanol–water partition coefficient (Wildman–Crippen LogP) is 4.01. The lowest BCUT2D eigenvalue weighted by atomic mass is 10.1. The van der Waals surface area contributed by atoms with Crippen molar-refractivity contribution in [3.05, 3.63) is 57.2 Å². The topological polar surface area (TPSA) is 53.2 Å². The van der Waals surface area contributed by atoms with Gasteiger partial charge in [-0.25, -0.2) is 0 Å². The average molecular weight is 365 g/mol. The fourth-order valence-electron chi connectivity index (χ4n) is 1.67. The summed E-state index contributed by atoms with van der Waals surface area (Å²) in [5.41, 5.74) is 1.17. The second-order valence-electron chi connectivity index (χ2n) is 4.10. The molecule has 3 nitrogen and oxygen atoms in total. The highest BCUT2D eigenvalue weighted by atomic mass is 127. The first-order valence-corrected chi connectivity index (χ1v) is 6.83.